The number of esters is 1. The minimum atomic E-state index is -0.456. The summed E-state index contributed by atoms with van der Waals surface area (Å²) in [6.07, 6.45) is 2.30. The lowest BCUT2D eigenvalue weighted by molar-refractivity contribution is 0.0592. The summed E-state index contributed by atoms with van der Waals surface area (Å²) in [6.45, 7) is 7.91. The Kier molecular flexibility index (Phi) is 3.80. The fourth-order valence-electron chi connectivity index (χ4n) is 3.56. The molecule has 0 fully saturated rings. The standard InChI is InChI=1S/C21H20N2O3/c1-12(2)9-18-19-20-15(10-16(22-19)21(24)25-4)14-7-5-6-8-17(14)23(20)11-13(3)26-18/h5-8,10-11,18H,1,9H2,2-4H3. The Morgan fingerprint density at radius 1 is 1.35 bits per heavy atom. The number of para-hydroxylation sites is 1. The minimum absolute atomic E-state index is 0.285. The number of carbonyl (C=O) groups excluding carboxylic acids is 1. The molecule has 0 bridgehead atoms. The van der Waals surface area contributed by atoms with E-state index in [0.29, 0.717) is 6.42 Å². The number of fused-ring (bicyclic) bond motifs is 3. The Hall–Kier alpha value is -3.08. The van der Waals surface area contributed by atoms with Crippen LogP contribution in [0, 0.1) is 0 Å². The van der Waals surface area contributed by atoms with Crippen LogP contribution in [0.1, 0.15) is 42.6 Å². The van der Waals surface area contributed by atoms with Crippen LogP contribution in [0.5, 0.6) is 0 Å². The molecular weight excluding hydrogens is 328 g/mol. The lowest BCUT2D eigenvalue weighted by Gasteiger charge is -2.18. The number of methoxy groups -OCH3 is 1. The van der Waals surface area contributed by atoms with Gasteiger partial charge >= 0.3 is 5.97 Å². The van der Waals surface area contributed by atoms with Gasteiger partial charge in [0.2, 0.25) is 0 Å². The number of pyridine rings is 1. The molecule has 2 aromatic heterocycles. The van der Waals surface area contributed by atoms with Crippen molar-refractivity contribution in [2.24, 2.45) is 0 Å². The Labute approximate surface area is 151 Å². The zero-order valence-electron chi connectivity index (χ0n) is 15.1. The van der Waals surface area contributed by atoms with Gasteiger partial charge in [-0.2, -0.15) is 0 Å². The average molecular weight is 348 g/mol. The number of aromatic nitrogens is 2. The second-order valence-corrected chi connectivity index (χ2v) is 6.68. The van der Waals surface area contributed by atoms with Crippen LogP contribution >= 0.6 is 0 Å². The van der Waals surface area contributed by atoms with Crippen LogP contribution in [0.2, 0.25) is 0 Å². The maximum atomic E-state index is 12.2. The van der Waals surface area contributed by atoms with Gasteiger partial charge in [0.25, 0.3) is 0 Å². The summed E-state index contributed by atoms with van der Waals surface area (Å²) in [4.78, 5) is 16.8. The van der Waals surface area contributed by atoms with E-state index in [9.17, 15) is 4.79 Å². The Morgan fingerprint density at radius 3 is 2.85 bits per heavy atom. The van der Waals surface area contributed by atoms with Crippen molar-refractivity contribution >= 4 is 34.0 Å². The molecule has 1 aliphatic heterocycles. The molecule has 1 atom stereocenters. The lowest BCUT2D eigenvalue weighted by Crippen LogP contribution is -2.11. The lowest BCUT2D eigenvalue weighted by atomic mass is 10.0. The quantitative estimate of drug-likeness (QED) is 0.502. The van der Waals surface area contributed by atoms with E-state index in [-0.39, 0.29) is 11.8 Å². The van der Waals surface area contributed by atoms with Gasteiger partial charge in [-0.1, -0.05) is 30.4 Å². The third-order valence-corrected chi connectivity index (χ3v) is 4.59. The Balaban J connectivity index is 2.14. The maximum absolute atomic E-state index is 12.2. The number of carbonyl (C=O) groups is 1. The highest BCUT2D eigenvalue weighted by atomic mass is 16.5. The fraction of sp³-hybridized carbons (Fsp3) is 0.238. The minimum Gasteiger partial charge on any atom is -0.487 e. The van der Waals surface area contributed by atoms with E-state index in [4.69, 9.17) is 9.47 Å². The topological polar surface area (TPSA) is 53.4 Å². The molecule has 3 heterocycles. The van der Waals surface area contributed by atoms with Crippen LogP contribution in [0.15, 0.2) is 48.2 Å². The van der Waals surface area contributed by atoms with Crippen molar-refractivity contribution in [3.63, 3.8) is 0 Å². The summed E-state index contributed by atoms with van der Waals surface area (Å²) in [5.74, 6) is 0.333. The molecule has 0 aliphatic carbocycles. The van der Waals surface area contributed by atoms with Gasteiger partial charge in [-0.25, -0.2) is 9.78 Å². The van der Waals surface area contributed by atoms with Crippen LogP contribution < -0.4 is 0 Å². The van der Waals surface area contributed by atoms with E-state index >= 15 is 0 Å². The van der Waals surface area contributed by atoms with Gasteiger partial charge in [0, 0.05) is 23.4 Å². The predicted molar refractivity (Wildman–Crippen MR) is 102 cm³/mol. The first kappa shape index (κ1) is 16.4. The molecule has 1 aliphatic rings. The van der Waals surface area contributed by atoms with Crippen molar-refractivity contribution < 1.29 is 14.3 Å². The predicted octanol–water partition coefficient (Wildman–Crippen LogP) is 4.83. The normalized spacial score (nSPS) is 16.1. The first-order valence-corrected chi connectivity index (χ1v) is 8.51. The summed E-state index contributed by atoms with van der Waals surface area (Å²) in [5.41, 5.74) is 4.02. The molecule has 4 rings (SSSR count). The molecule has 5 heteroatoms. The van der Waals surface area contributed by atoms with Crippen LogP contribution in [0.25, 0.3) is 28.0 Å². The van der Waals surface area contributed by atoms with Gasteiger partial charge in [0.05, 0.1) is 18.1 Å². The summed E-state index contributed by atoms with van der Waals surface area (Å²) in [7, 11) is 1.36. The molecule has 0 saturated heterocycles. The summed E-state index contributed by atoms with van der Waals surface area (Å²) in [6, 6.07) is 9.90. The average Bonchev–Trinajstić information content (AvgIpc) is 2.85. The SMILES string of the molecule is C=C(C)CC1OC(C)=Cn2c3ccccc3c3cc(C(=O)OC)nc1c32. The van der Waals surface area contributed by atoms with Crippen LogP contribution in [-0.4, -0.2) is 22.6 Å². The Bertz CT molecular complexity index is 1090. The summed E-state index contributed by atoms with van der Waals surface area (Å²) in [5, 5.41) is 2.03. The van der Waals surface area contributed by atoms with Gasteiger partial charge in [0.15, 0.2) is 0 Å². The molecule has 132 valence electrons. The van der Waals surface area contributed by atoms with Gasteiger partial charge in [-0.05, 0) is 26.0 Å². The molecule has 0 saturated carbocycles. The van der Waals surface area contributed by atoms with Crippen molar-refractivity contribution in [1.29, 1.82) is 0 Å². The molecule has 0 N–H and O–H groups in total. The fourth-order valence-corrected chi connectivity index (χ4v) is 3.56. The van der Waals surface area contributed by atoms with E-state index in [0.717, 1.165) is 38.8 Å². The maximum Gasteiger partial charge on any atom is 0.356 e. The van der Waals surface area contributed by atoms with Crippen LogP contribution in [0.3, 0.4) is 0 Å². The third kappa shape index (κ3) is 2.47. The number of ether oxygens (including phenoxy) is 2. The molecule has 5 nitrogen and oxygen atoms in total. The second-order valence-electron chi connectivity index (χ2n) is 6.68. The third-order valence-electron chi connectivity index (χ3n) is 4.59. The summed E-state index contributed by atoms with van der Waals surface area (Å²) < 4.78 is 13.1. The van der Waals surface area contributed by atoms with Gasteiger partial charge in [-0.15, -0.1) is 0 Å². The largest absolute Gasteiger partial charge is 0.487 e. The molecular formula is C21H20N2O3. The van der Waals surface area contributed by atoms with Crippen molar-refractivity contribution in [3.05, 3.63) is 59.6 Å². The first-order valence-electron chi connectivity index (χ1n) is 8.51. The molecule has 0 amide bonds. The molecule has 1 aromatic carbocycles. The number of rotatable bonds is 3. The van der Waals surface area contributed by atoms with Gasteiger partial charge < -0.3 is 14.0 Å². The number of allylic oxidation sites excluding steroid dienone is 1. The monoisotopic (exact) mass is 348 g/mol. The number of benzene rings is 1. The highest BCUT2D eigenvalue weighted by Gasteiger charge is 2.27. The molecule has 0 spiro atoms. The molecule has 0 radical (unpaired) electrons. The zero-order valence-corrected chi connectivity index (χ0v) is 15.1. The van der Waals surface area contributed by atoms with E-state index in [1.807, 2.05) is 32.2 Å². The zero-order chi connectivity index (χ0) is 18.4. The number of nitrogens with zero attached hydrogens (tertiary/aromatic N) is 2. The van der Waals surface area contributed by atoms with Crippen molar-refractivity contribution in [1.82, 2.24) is 9.55 Å². The van der Waals surface area contributed by atoms with Crippen molar-refractivity contribution in [2.45, 2.75) is 26.4 Å². The summed E-state index contributed by atoms with van der Waals surface area (Å²) >= 11 is 0. The molecule has 1 unspecified atom stereocenters. The molecule has 26 heavy (non-hydrogen) atoms. The number of hydrogen-bond acceptors (Lipinski definition) is 4. The molecule has 3 aromatic rings. The van der Waals surface area contributed by atoms with Crippen molar-refractivity contribution in [3.8, 4) is 0 Å². The Morgan fingerprint density at radius 2 is 2.12 bits per heavy atom. The van der Waals surface area contributed by atoms with E-state index < -0.39 is 5.97 Å². The van der Waals surface area contributed by atoms with Crippen LogP contribution in [-0.2, 0) is 9.47 Å². The highest BCUT2D eigenvalue weighted by molar-refractivity contribution is 6.11. The van der Waals surface area contributed by atoms with Gasteiger partial charge in [-0.3, -0.25) is 0 Å². The highest BCUT2D eigenvalue weighted by Crippen LogP contribution is 2.39. The second kappa shape index (κ2) is 6.02. The first-order chi connectivity index (χ1) is 12.5. The van der Waals surface area contributed by atoms with E-state index in [2.05, 4.69) is 28.3 Å². The van der Waals surface area contributed by atoms with E-state index in [1.54, 1.807) is 6.07 Å². The van der Waals surface area contributed by atoms with E-state index in [1.165, 1.54) is 7.11 Å². The smallest absolute Gasteiger partial charge is 0.356 e. The van der Waals surface area contributed by atoms with Gasteiger partial charge in [0.1, 0.15) is 23.3 Å². The van der Waals surface area contributed by atoms with Crippen molar-refractivity contribution in [2.75, 3.05) is 7.11 Å². The number of hydrogen-bond donors (Lipinski definition) is 0. The van der Waals surface area contributed by atoms with Crippen LogP contribution in [0.4, 0.5) is 0 Å².